The van der Waals surface area contributed by atoms with E-state index in [2.05, 4.69) is 4.72 Å². The summed E-state index contributed by atoms with van der Waals surface area (Å²) in [7, 11) is -3.43. The Kier molecular flexibility index (Phi) is 5.83. The molecule has 0 aromatic carbocycles. The second-order valence-electron chi connectivity index (χ2n) is 3.73. The van der Waals surface area contributed by atoms with Crippen LogP contribution in [0, 0.1) is 0 Å². The van der Waals surface area contributed by atoms with E-state index in [1.807, 2.05) is 0 Å². The molecule has 1 rings (SSSR count). The SMILES string of the molecule is O=C(O)CCCS(=O)(=O)NCC1COCCO1. The number of nitrogens with one attached hydrogen (secondary N) is 1. The third kappa shape index (κ3) is 6.57. The minimum atomic E-state index is -3.43. The van der Waals surface area contributed by atoms with Crippen LogP contribution in [0.1, 0.15) is 12.8 Å². The van der Waals surface area contributed by atoms with Crippen molar-refractivity contribution in [1.82, 2.24) is 4.72 Å². The third-order valence-electron chi connectivity index (χ3n) is 2.22. The Morgan fingerprint density at radius 2 is 2.18 bits per heavy atom. The fourth-order valence-corrected chi connectivity index (χ4v) is 2.47. The van der Waals surface area contributed by atoms with E-state index in [0.29, 0.717) is 19.8 Å². The van der Waals surface area contributed by atoms with Crippen molar-refractivity contribution in [2.24, 2.45) is 0 Å². The zero-order chi connectivity index (χ0) is 12.7. The molecule has 100 valence electrons. The molecule has 1 unspecified atom stereocenters. The molecule has 0 amide bonds. The molecule has 7 nitrogen and oxygen atoms in total. The van der Waals surface area contributed by atoms with Crippen LogP contribution in [0.25, 0.3) is 0 Å². The van der Waals surface area contributed by atoms with Gasteiger partial charge in [0, 0.05) is 13.0 Å². The van der Waals surface area contributed by atoms with E-state index in [-0.39, 0.29) is 31.2 Å². The number of ether oxygens (including phenoxy) is 2. The molecule has 0 aromatic heterocycles. The summed E-state index contributed by atoms with van der Waals surface area (Å²) in [5, 5.41) is 8.39. The van der Waals surface area contributed by atoms with Crippen molar-refractivity contribution in [1.29, 1.82) is 0 Å². The van der Waals surface area contributed by atoms with E-state index in [9.17, 15) is 13.2 Å². The Morgan fingerprint density at radius 1 is 1.41 bits per heavy atom. The third-order valence-corrected chi connectivity index (χ3v) is 3.65. The highest BCUT2D eigenvalue weighted by Crippen LogP contribution is 2.01. The molecule has 0 bridgehead atoms. The zero-order valence-electron chi connectivity index (χ0n) is 9.42. The van der Waals surface area contributed by atoms with Crippen molar-refractivity contribution in [3.63, 3.8) is 0 Å². The molecule has 8 heteroatoms. The van der Waals surface area contributed by atoms with Gasteiger partial charge in [0.25, 0.3) is 0 Å². The maximum absolute atomic E-state index is 11.5. The molecule has 0 radical (unpaired) electrons. The Hall–Kier alpha value is -0.700. The molecule has 0 saturated carbocycles. The predicted molar refractivity (Wildman–Crippen MR) is 59.2 cm³/mol. The number of carboxylic acid groups (broad SMARTS) is 1. The van der Waals surface area contributed by atoms with Crippen LogP contribution in [0.15, 0.2) is 0 Å². The van der Waals surface area contributed by atoms with E-state index in [1.165, 1.54) is 0 Å². The van der Waals surface area contributed by atoms with Gasteiger partial charge in [0.1, 0.15) is 0 Å². The first-order valence-electron chi connectivity index (χ1n) is 5.38. The smallest absolute Gasteiger partial charge is 0.303 e. The molecule has 17 heavy (non-hydrogen) atoms. The maximum atomic E-state index is 11.5. The van der Waals surface area contributed by atoms with Crippen molar-refractivity contribution < 1.29 is 27.8 Å². The quantitative estimate of drug-likeness (QED) is 0.625. The van der Waals surface area contributed by atoms with Crippen LogP contribution in [-0.4, -0.2) is 57.7 Å². The first-order chi connectivity index (χ1) is 7.99. The lowest BCUT2D eigenvalue weighted by molar-refractivity contribution is -0.137. The van der Waals surface area contributed by atoms with Gasteiger partial charge in [0.05, 0.1) is 31.7 Å². The molecule has 1 aliphatic heterocycles. The summed E-state index contributed by atoms with van der Waals surface area (Å²) in [5.74, 6) is -1.18. The Labute approximate surface area is 100 Å². The van der Waals surface area contributed by atoms with Crippen molar-refractivity contribution >= 4 is 16.0 Å². The number of carboxylic acids is 1. The highest BCUT2D eigenvalue weighted by molar-refractivity contribution is 7.89. The topological polar surface area (TPSA) is 102 Å². The van der Waals surface area contributed by atoms with Crippen molar-refractivity contribution in [2.75, 3.05) is 32.1 Å². The highest BCUT2D eigenvalue weighted by atomic mass is 32.2. The Bertz CT molecular complexity index is 335. The van der Waals surface area contributed by atoms with E-state index >= 15 is 0 Å². The van der Waals surface area contributed by atoms with E-state index in [0.717, 1.165) is 0 Å². The summed E-state index contributed by atoms with van der Waals surface area (Å²) >= 11 is 0. The largest absolute Gasteiger partial charge is 0.481 e. The van der Waals surface area contributed by atoms with Crippen LogP contribution in [0.2, 0.25) is 0 Å². The minimum absolute atomic E-state index is 0.104. The van der Waals surface area contributed by atoms with Gasteiger partial charge in [-0.3, -0.25) is 4.79 Å². The average molecular weight is 267 g/mol. The van der Waals surface area contributed by atoms with E-state index in [4.69, 9.17) is 14.6 Å². The molecular formula is C9H17NO6S. The average Bonchev–Trinajstić information content (AvgIpc) is 2.27. The monoisotopic (exact) mass is 267 g/mol. The standard InChI is InChI=1S/C9H17NO6S/c11-9(12)2-1-5-17(13,14)10-6-8-7-15-3-4-16-8/h8,10H,1-7H2,(H,11,12). The molecule has 1 atom stereocenters. The first-order valence-corrected chi connectivity index (χ1v) is 7.03. The van der Waals surface area contributed by atoms with Gasteiger partial charge in [-0.1, -0.05) is 0 Å². The number of hydrogen-bond acceptors (Lipinski definition) is 5. The summed E-state index contributed by atoms with van der Waals surface area (Å²) < 4.78 is 35.7. The number of carbonyl (C=O) groups is 1. The lowest BCUT2D eigenvalue weighted by Gasteiger charge is -2.22. The molecule has 1 heterocycles. The van der Waals surface area contributed by atoms with Crippen molar-refractivity contribution in [3.8, 4) is 0 Å². The Balaban J connectivity index is 2.21. The second kappa shape index (κ2) is 6.90. The lowest BCUT2D eigenvalue weighted by atomic mass is 10.3. The number of rotatable bonds is 7. The van der Waals surface area contributed by atoms with Gasteiger partial charge >= 0.3 is 5.97 Å². The Morgan fingerprint density at radius 3 is 2.76 bits per heavy atom. The summed E-state index contributed by atoms with van der Waals surface area (Å²) in [6.07, 6.45) is -0.311. The molecule has 1 saturated heterocycles. The van der Waals surface area contributed by atoms with E-state index in [1.54, 1.807) is 0 Å². The van der Waals surface area contributed by atoms with E-state index < -0.39 is 16.0 Å². The number of aliphatic carboxylic acids is 1. The van der Waals surface area contributed by atoms with Crippen LogP contribution in [-0.2, 0) is 24.3 Å². The van der Waals surface area contributed by atoms with Gasteiger partial charge in [-0.15, -0.1) is 0 Å². The summed E-state index contributed by atoms with van der Waals surface area (Å²) in [6, 6.07) is 0. The van der Waals surface area contributed by atoms with Gasteiger partial charge in [0.15, 0.2) is 0 Å². The van der Waals surface area contributed by atoms with Crippen LogP contribution < -0.4 is 4.72 Å². The van der Waals surface area contributed by atoms with Crippen molar-refractivity contribution in [2.45, 2.75) is 18.9 Å². The van der Waals surface area contributed by atoms with Crippen LogP contribution >= 0.6 is 0 Å². The lowest BCUT2D eigenvalue weighted by Crippen LogP contribution is -2.40. The normalized spacial score (nSPS) is 21.3. The first kappa shape index (κ1) is 14.4. The molecule has 0 spiro atoms. The van der Waals surface area contributed by atoms with Gasteiger partial charge in [0.2, 0.25) is 10.0 Å². The second-order valence-corrected chi connectivity index (χ2v) is 5.66. The zero-order valence-corrected chi connectivity index (χ0v) is 10.2. The summed E-state index contributed by atoms with van der Waals surface area (Å²) in [5.41, 5.74) is 0. The summed E-state index contributed by atoms with van der Waals surface area (Å²) in [6.45, 7) is 1.53. The molecular weight excluding hydrogens is 250 g/mol. The van der Waals surface area contributed by atoms with Crippen LogP contribution in [0.3, 0.4) is 0 Å². The molecule has 1 fully saturated rings. The van der Waals surface area contributed by atoms with Crippen molar-refractivity contribution in [3.05, 3.63) is 0 Å². The fraction of sp³-hybridized carbons (Fsp3) is 0.889. The van der Waals surface area contributed by atoms with Crippen LogP contribution in [0.5, 0.6) is 0 Å². The number of hydrogen-bond donors (Lipinski definition) is 2. The molecule has 0 aliphatic carbocycles. The van der Waals surface area contributed by atoms with Gasteiger partial charge in [-0.05, 0) is 6.42 Å². The fourth-order valence-electron chi connectivity index (χ4n) is 1.36. The van der Waals surface area contributed by atoms with Gasteiger partial charge < -0.3 is 14.6 Å². The molecule has 0 aromatic rings. The maximum Gasteiger partial charge on any atom is 0.303 e. The van der Waals surface area contributed by atoms with Crippen LogP contribution in [0.4, 0.5) is 0 Å². The molecule has 1 aliphatic rings. The predicted octanol–water partition coefficient (Wildman–Crippen LogP) is -0.814. The molecule has 2 N–H and O–H groups in total. The summed E-state index contributed by atoms with van der Waals surface area (Å²) in [4.78, 5) is 10.2. The highest BCUT2D eigenvalue weighted by Gasteiger charge is 2.18. The number of sulfonamides is 1. The van der Waals surface area contributed by atoms with Gasteiger partial charge in [-0.2, -0.15) is 0 Å². The van der Waals surface area contributed by atoms with Gasteiger partial charge in [-0.25, -0.2) is 13.1 Å². The minimum Gasteiger partial charge on any atom is -0.481 e.